The number of aromatic nitrogens is 1. The predicted molar refractivity (Wildman–Crippen MR) is 106 cm³/mol. The van der Waals surface area contributed by atoms with E-state index in [2.05, 4.69) is 30.8 Å². The second-order valence-electron chi connectivity index (χ2n) is 6.99. The maximum absolute atomic E-state index is 12.5. The molecule has 0 spiro atoms. The molecule has 0 radical (unpaired) electrons. The second-order valence-corrected chi connectivity index (χ2v) is 6.99. The Hall–Kier alpha value is -2.75. The molecular weight excluding hydrogens is 324 g/mol. The van der Waals surface area contributed by atoms with Crippen LogP contribution in [0.1, 0.15) is 41.0 Å². The van der Waals surface area contributed by atoms with Crippen molar-refractivity contribution in [1.29, 1.82) is 0 Å². The van der Waals surface area contributed by atoms with Crippen molar-refractivity contribution in [1.82, 2.24) is 9.88 Å². The highest BCUT2D eigenvalue weighted by molar-refractivity contribution is 5.99. The summed E-state index contributed by atoms with van der Waals surface area (Å²) >= 11 is 0. The van der Waals surface area contributed by atoms with Crippen LogP contribution >= 0.6 is 0 Å². The van der Waals surface area contributed by atoms with Gasteiger partial charge in [0, 0.05) is 35.8 Å². The summed E-state index contributed by atoms with van der Waals surface area (Å²) < 4.78 is 7.80. The fraction of sp³-hybridized carbons (Fsp3) is 0.318. The number of nitrogens with one attached hydrogen (secondary N) is 1. The Kier molecular flexibility index (Phi) is 5.03. The summed E-state index contributed by atoms with van der Waals surface area (Å²) in [5.41, 5.74) is 5.32. The molecule has 4 nitrogen and oxygen atoms in total. The van der Waals surface area contributed by atoms with E-state index < -0.39 is 0 Å². The number of carbonyl (C=O) groups excluding carboxylic acids is 1. The third kappa shape index (κ3) is 3.59. The highest BCUT2D eigenvalue weighted by atomic mass is 16.5. The van der Waals surface area contributed by atoms with Crippen molar-refractivity contribution in [3.63, 3.8) is 0 Å². The highest BCUT2D eigenvalue weighted by Gasteiger charge is 2.12. The van der Waals surface area contributed by atoms with E-state index in [0.29, 0.717) is 12.1 Å². The molecule has 0 fully saturated rings. The van der Waals surface area contributed by atoms with Gasteiger partial charge in [0.1, 0.15) is 5.75 Å². The van der Waals surface area contributed by atoms with Crippen LogP contribution in [0.2, 0.25) is 0 Å². The molecule has 0 saturated heterocycles. The van der Waals surface area contributed by atoms with Crippen LogP contribution < -0.4 is 10.1 Å². The Labute approximate surface area is 154 Å². The Morgan fingerprint density at radius 1 is 1.12 bits per heavy atom. The smallest absolute Gasteiger partial charge is 0.251 e. The van der Waals surface area contributed by atoms with Crippen molar-refractivity contribution >= 4 is 16.8 Å². The Bertz CT molecular complexity index is 937. The van der Waals surface area contributed by atoms with E-state index in [1.54, 1.807) is 0 Å². The van der Waals surface area contributed by atoms with Gasteiger partial charge < -0.3 is 14.6 Å². The van der Waals surface area contributed by atoms with E-state index in [0.717, 1.165) is 22.2 Å². The summed E-state index contributed by atoms with van der Waals surface area (Å²) in [6.07, 6.45) is 0.153. The molecule has 0 saturated carbocycles. The van der Waals surface area contributed by atoms with E-state index in [-0.39, 0.29) is 12.0 Å². The molecule has 1 aromatic heterocycles. The molecule has 136 valence electrons. The van der Waals surface area contributed by atoms with E-state index in [9.17, 15) is 4.79 Å². The molecule has 3 rings (SSSR count). The Morgan fingerprint density at radius 2 is 1.81 bits per heavy atom. The lowest BCUT2D eigenvalue weighted by Gasteiger charge is -2.10. The summed E-state index contributed by atoms with van der Waals surface area (Å²) in [5, 5.41) is 4.13. The molecule has 1 amide bonds. The van der Waals surface area contributed by atoms with Crippen molar-refractivity contribution < 1.29 is 9.53 Å². The minimum atomic E-state index is -0.0599. The van der Waals surface area contributed by atoms with Crippen molar-refractivity contribution in [2.45, 2.75) is 40.3 Å². The number of ether oxygens (including phenoxy) is 1. The molecule has 3 aromatic rings. The quantitative estimate of drug-likeness (QED) is 0.735. The predicted octanol–water partition coefficient (Wildman–Crippen LogP) is 4.51. The van der Waals surface area contributed by atoms with Gasteiger partial charge in [0.05, 0.1) is 6.10 Å². The minimum absolute atomic E-state index is 0.0599. The summed E-state index contributed by atoms with van der Waals surface area (Å²) in [5.74, 6) is 0.783. The summed E-state index contributed by atoms with van der Waals surface area (Å²) in [4.78, 5) is 12.5. The fourth-order valence-corrected chi connectivity index (χ4v) is 3.14. The number of benzene rings is 2. The number of nitrogens with zero attached hydrogens (tertiary/aromatic N) is 1. The molecule has 4 heteroatoms. The molecule has 0 unspecified atom stereocenters. The first kappa shape index (κ1) is 18.1. The first-order valence-corrected chi connectivity index (χ1v) is 8.96. The van der Waals surface area contributed by atoms with Gasteiger partial charge in [0.2, 0.25) is 0 Å². The van der Waals surface area contributed by atoms with Crippen LogP contribution in [0.4, 0.5) is 0 Å². The number of hydrogen-bond acceptors (Lipinski definition) is 2. The van der Waals surface area contributed by atoms with Crippen molar-refractivity contribution in [3.8, 4) is 5.75 Å². The summed E-state index contributed by atoms with van der Waals surface area (Å²) in [6.45, 7) is 8.69. The lowest BCUT2D eigenvalue weighted by Crippen LogP contribution is -2.22. The zero-order valence-corrected chi connectivity index (χ0v) is 16.1. The third-order valence-electron chi connectivity index (χ3n) is 4.82. The van der Waals surface area contributed by atoms with Gasteiger partial charge in [0.25, 0.3) is 5.91 Å². The Morgan fingerprint density at radius 3 is 2.46 bits per heavy atom. The van der Waals surface area contributed by atoms with Gasteiger partial charge in [-0.2, -0.15) is 0 Å². The number of rotatable bonds is 5. The van der Waals surface area contributed by atoms with Crippen LogP contribution in [0.15, 0.2) is 42.5 Å². The van der Waals surface area contributed by atoms with E-state index >= 15 is 0 Å². The molecular formula is C22H26N2O2. The highest BCUT2D eigenvalue weighted by Crippen LogP contribution is 2.25. The molecule has 1 N–H and O–H groups in total. The van der Waals surface area contributed by atoms with Crippen LogP contribution in [-0.4, -0.2) is 16.6 Å². The first-order chi connectivity index (χ1) is 12.4. The van der Waals surface area contributed by atoms with Gasteiger partial charge >= 0.3 is 0 Å². The van der Waals surface area contributed by atoms with Crippen molar-refractivity contribution in [2.24, 2.45) is 7.05 Å². The zero-order valence-electron chi connectivity index (χ0n) is 16.1. The standard InChI is InChI=1S/C22H26N2O2/c1-14(2)26-19-9-6-17(7-10-19)13-23-22(25)18-8-11-21-20(12-18)15(3)16(4)24(21)5/h6-12,14H,13H2,1-5H3,(H,23,25). The second kappa shape index (κ2) is 7.24. The number of fused-ring (bicyclic) bond motifs is 1. The van der Waals surface area contributed by atoms with Gasteiger partial charge in [-0.1, -0.05) is 12.1 Å². The SMILES string of the molecule is Cc1c(C)n(C)c2ccc(C(=O)NCc3ccc(OC(C)C)cc3)cc12. The maximum atomic E-state index is 12.5. The summed E-state index contributed by atoms with van der Waals surface area (Å²) in [6, 6.07) is 13.7. The molecule has 0 aliphatic heterocycles. The molecule has 0 aliphatic rings. The average molecular weight is 350 g/mol. The molecule has 2 aromatic carbocycles. The van der Waals surface area contributed by atoms with Crippen LogP contribution in [0, 0.1) is 13.8 Å². The zero-order chi connectivity index (χ0) is 18.8. The topological polar surface area (TPSA) is 43.3 Å². The number of amides is 1. The molecule has 0 atom stereocenters. The van der Waals surface area contributed by atoms with Crippen LogP contribution in [-0.2, 0) is 13.6 Å². The lowest BCUT2D eigenvalue weighted by atomic mass is 10.1. The van der Waals surface area contributed by atoms with E-state index in [1.165, 1.54) is 11.3 Å². The summed E-state index contributed by atoms with van der Waals surface area (Å²) in [7, 11) is 2.05. The Balaban J connectivity index is 1.70. The number of carbonyl (C=O) groups is 1. The maximum Gasteiger partial charge on any atom is 0.251 e. The third-order valence-corrected chi connectivity index (χ3v) is 4.82. The van der Waals surface area contributed by atoms with Gasteiger partial charge in [0.15, 0.2) is 0 Å². The van der Waals surface area contributed by atoms with Gasteiger partial charge in [-0.15, -0.1) is 0 Å². The van der Waals surface area contributed by atoms with Gasteiger partial charge in [-0.3, -0.25) is 4.79 Å². The van der Waals surface area contributed by atoms with Crippen molar-refractivity contribution in [3.05, 3.63) is 64.8 Å². The lowest BCUT2D eigenvalue weighted by molar-refractivity contribution is 0.0951. The number of aryl methyl sites for hydroxylation is 2. The van der Waals surface area contributed by atoms with Gasteiger partial charge in [-0.25, -0.2) is 0 Å². The normalized spacial score (nSPS) is 11.2. The fourth-order valence-electron chi connectivity index (χ4n) is 3.14. The average Bonchev–Trinajstić information content (AvgIpc) is 2.84. The monoisotopic (exact) mass is 350 g/mol. The van der Waals surface area contributed by atoms with Crippen LogP contribution in [0.25, 0.3) is 10.9 Å². The molecule has 1 heterocycles. The molecule has 26 heavy (non-hydrogen) atoms. The van der Waals surface area contributed by atoms with Crippen LogP contribution in [0.5, 0.6) is 5.75 Å². The van der Waals surface area contributed by atoms with Crippen LogP contribution in [0.3, 0.4) is 0 Å². The van der Waals surface area contributed by atoms with Crippen molar-refractivity contribution in [2.75, 3.05) is 0 Å². The van der Waals surface area contributed by atoms with Gasteiger partial charge in [-0.05, 0) is 69.2 Å². The van der Waals surface area contributed by atoms with E-state index in [4.69, 9.17) is 4.74 Å². The largest absolute Gasteiger partial charge is 0.491 e. The molecule has 0 aliphatic carbocycles. The number of hydrogen-bond donors (Lipinski definition) is 1. The van der Waals surface area contributed by atoms with E-state index in [1.807, 2.05) is 56.3 Å². The first-order valence-electron chi connectivity index (χ1n) is 8.96. The molecule has 0 bridgehead atoms. The minimum Gasteiger partial charge on any atom is -0.491 e.